The number of pyridine rings is 1. The Balaban J connectivity index is 1.78. The molecule has 3 nitrogen and oxygen atoms in total. The summed E-state index contributed by atoms with van der Waals surface area (Å²) in [7, 11) is 0. The lowest BCUT2D eigenvalue weighted by Gasteiger charge is -2.28. The van der Waals surface area contributed by atoms with E-state index in [0.29, 0.717) is 11.4 Å². The van der Waals surface area contributed by atoms with Gasteiger partial charge in [0.1, 0.15) is 17.7 Å². The van der Waals surface area contributed by atoms with Gasteiger partial charge in [0, 0.05) is 5.69 Å². The van der Waals surface area contributed by atoms with Crippen LogP contribution >= 0.6 is 0 Å². The maximum Gasteiger partial charge on any atom is 0.232 e. The van der Waals surface area contributed by atoms with E-state index in [4.69, 9.17) is 4.74 Å². The van der Waals surface area contributed by atoms with Crippen molar-refractivity contribution < 1.29 is 4.74 Å². The molecule has 106 valence electrons. The van der Waals surface area contributed by atoms with Gasteiger partial charge in [-0.15, -0.1) is 0 Å². The Morgan fingerprint density at radius 2 is 2.25 bits per heavy atom. The molecule has 1 aromatic heterocycles. The smallest absolute Gasteiger partial charge is 0.232 e. The molecule has 3 rings (SSSR count). The van der Waals surface area contributed by atoms with Crippen molar-refractivity contribution in [2.45, 2.75) is 64.4 Å². The standard InChI is InChI=1S/C17H22N2O/c1-2-12-5-3-7-15(9-12)20-17-14(11-18)10-13-6-4-8-16(13)19-17/h10,12,15H,2-9H2,1H3. The van der Waals surface area contributed by atoms with Gasteiger partial charge in [-0.25, -0.2) is 4.98 Å². The van der Waals surface area contributed by atoms with Gasteiger partial charge in [0.25, 0.3) is 0 Å². The van der Waals surface area contributed by atoms with Crippen molar-refractivity contribution in [2.24, 2.45) is 5.92 Å². The molecule has 0 spiro atoms. The Hall–Kier alpha value is -1.56. The predicted octanol–water partition coefficient (Wildman–Crippen LogP) is 3.79. The number of aryl methyl sites for hydroxylation is 2. The summed E-state index contributed by atoms with van der Waals surface area (Å²) in [6.45, 7) is 2.25. The molecule has 0 saturated heterocycles. The molecule has 1 heterocycles. The maximum absolute atomic E-state index is 9.31. The first-order valence-corrected chi connectivity index (χ1v) is 7.89. The second-order valence-corrected chi connectivity index (χ2v) is 6.09. The molecule has 2 unspecified atom stereocenters. The fraction of sp³-hybridized carbons (Fsp3) is 0.647. The van der Waals surface area contributed by atoms with Crippen LogP contribution in [-0.2, 0) is 12.8 Å². The van der Waals surface area contributed by atoms with Gasteiger partial charge in [0.2, 0.25) is 5.88 Å². The quantitative estimate of drug-likeness (QED) is 0.839. The van der Waals surface area contributed by atoms with E-state index in [9.17, 15) is 5.26 Å². The highest BCUT2D eigenvalue weighted by atomic mass is 16.5. The molecule has 2 atom stereocenters. The molecule has 20 heavy (non-hydrogen) atoms. The zero-order chi connectivity index (χ0) is 13.9. The fourth-order valence-electron chi connectivity index (χ4n) is 3.50. The highest BCUT2D eigenvalue weighted by Crippen LogP contribution is 2.32. The van der Waals surface area contributed by atoms with Gasteiger partial charge in [0.05, 0.1) is 0 Å². The van der Waals surface area contributed by atoms with Crippen molar-refractivity contribution in [3.63, 3.8) is 0 Å². The second-order valence-electron chi connectivity index (χ2n) is 6.09. The summed E-state index contributed by atoms with van der Waals surface area (Å²) in [6, 6.07) is 4.24. The first kappa shape index (κ1) is 13.4. The SMILES string of the molecule is CCC1CCCC(Oc2nc3c(cc2C#N)CCC3)C1. The highest BCUT2D eigenvalue weighted by Gasteiger charge is 2.24. The summed E-state index contributed by atoms with van der Waals surface area (Å²) in [6.07, 6.45) is 9.46. The first-order valence-electron chi connectivity index (χ1n) is 7.89. The van der Waals surface area contributed by atoms with E-state index in [0.717, 1.165) is 43.7 Å². The molecule has 0 amide bonds. The lowest BCUT2D eigenvalue weighted by molar-refractivity contribution is 0.116. The van der Waals surface area contributed by atoms with Crippen LogP contribution in [0.3, 0.4) is 0 Å². The van der Waals surface area contributed by atoms with Crippen LogP contribution < -0.4 is 4.74 Å². The lowest BCUT2D eigenvalue weighted by Crippen LogP contribution is -2.26. The first-order chi connectivity index (χ1) is 9.80. The van der Waals surface area contributed by atoms with Gasteiger partial charge >= 0.3 is 0 Å². The molecule has 0 N–H and O–H groups in total. The molecule has 2 aliphatic carbocycles. The van der Waals surface area contributed by atoms with E-state index in [2.05, 4.69) is 18.0 Å². The van der Waals surface area contributed by atoms with Crippen molar-refractivity contribution in [2.75, 3.05) is 0 Å². The van der Waals surface area contributed by atoms with Gasteiger partial charge in [-0.1, -0.05) is 19.8 Å². The average molecular weight is 270 g/mol. The van der Waals surface area contributed by atoms with Gasteiger partial charge in [-0.3, -0.25) is 0 Å². The number of nitrogens with zero attached hydrogens (tertiary/aromatic N) is 2. The van der Waals surface area contributed by atoms with Crippen LogP contribution in [0.1, 0.15) is 62.3 Å². The Labute approximate surface area is 121 Å². The van der Waals surface area contributed by atoms with E-state index in [1.165, 1.54) is 24.8 Å². The average Bonchev–Trinajstić information content (AvgIpc) is 2.93. The van der Waals surface area contributed by atoms with E-state index in [1.807, 2.05) is 6.07 Å². The molecule has 1 fully saturated rings. The molecule has 0 aromatic carbocycles. The fourth-order valence-corrected chi connectivity index (χ4v) is 3.50. The maximum atomic E-state index is 9.31. The predicted molar refractivity (Wildman–Crippen MR) is 77.6 cm³/mol. The van der Waals surface area contributed by atoms with Crippen LogP contribution in [0.4, 0.5) is 0 Å². The van der Waals surface area contributed by atoms with Crippen molar-refractivity contribution in [3.05, 3.63) is 22.9 Å². The van der Waals surface area contributed by atoms with E-state index in [-0.39, 0.29) is 6.10 Å². The monoisotopic (exact) mass is 270 g/mol. The molecular formula is C17H22N2O. The van der Waals surface area contributed by atoms with Crippen LogP contribution in [0.25, 0.3) is 0 Å². The molecule has 2 aliphatic rings. The van der Waals surface area contributed by atoms with Crippen molar-refractivity contribution in [1.82, 2.24) is 4.98 Å². The highest BCUT2D eigenvalue weighted by molar-refractivity contribution is 5.44. The van der Waals surface area contributed by atoms with E-state index >= 15 is 0 Å². The largest absolute Gasteiger partial charge is 0.473 e. The van der Waals surface area contributed by atoms with E-state index < -0.39 is 0 Å². The van der Waals surface area contributed by atoms with Gasteiger partial charge < -0.3 is 4.74 Å². The summed E-state index contributed by atoms with van der Waals surface area (Å²) < 4.78 is 6.10. The third kappa shape index (κ3) is 2.65. The van der Waals surface area contributed by atoms with Gasteiger partial charge in [-0.2, -0.15) is 5.26 Å². The minimum atomic E-state index is 0.243. The molecule has 1 aromatic rings. The minimum absolute atomic E-state index is 0.243. The summed E-state index contributed by atoms with van der Waals surface area (Å²) in [5.74, 6) is 1.35. The Bertz CT molecular complexity index is 533. The number of rotatable bonds is 3. The lowest BCUT2D eigenvalue weighted by atomic mass is 9.85. The zero-order valence-corrected chi connectivity index (χ0v) is 12.2. The van der Waals surface area contributed by atoms with Gasteiger partial charge in [0.15, 0.2) is 0 Å². The van der Waals surface area contributed by atoms with Crippen LogP contribution in [0.2, 0.25) is 0 Å². The Kier molecular flexibility index (Phi) is 3.91. The molecule has 0 radical (unpaired) electrons. The van der Waals surface area contributed by atoms with Crippen LogP contribution in [0.15, 0.2) is 6.07 Å². The normalized spacial score (nSPS) is 25.0. The molecular weight excluding hydrogens is 248 g/mol. The van der Waals surface area contributed by atoms with Crippen molar-refractivity contribution in [1.29, 1.82) is 5.26 Å². The Morgan fingerprint density at radius 3 is 3.05 bits per heavy atom. The van der Waals surface area contributed by atoms with Gasteiger partial charge in [-0.05, 0) is 56.1 Å². The number of hydrogen-bond donors (Lipinski definition) is 0. The number of aromatic nitrogens is 1. The van der Waals surface area contributed by atoms with Crippen molar-refractivity contribution in [3.8, 4) is 11.9 Å². The number of hydrogen-bond acceptors (Lipinski definition) is 3. The molecule has 3 heteroatoms. The number of nitriles is 1. The second kappa shape index (κ2) is 5.83. The third-order valence-corrected chi connectivity index (χ3v) is 4.73. The Morgan fingerprint density at radius 1 is 1.35 bits per heavy atom. The number of ether oxygens (including phenoxy) is 1. The summed E-state index contributed by atoms with van der Waals surface area (Å²) in [5.41, 5.74) is 3.00. The molecule has 0 bridgehead atoms. The minimum Gasteiger partial charge on any atom is -0.473 e. The summed E-state index contributed by atoms with van der Waals surface area (Å²) >= 11 is 0. The topological polar surface area (TPSA) is 45.9 Å². The zero-order valence-electron chi connectivity index (χ0n) is 12.2. The summed E-state index contributed by atoms with van der Waals surface area (Å²) in [5, 5.41) is 9.31. The van der Waals surface area contributed by atoms with Crippen LogP contribution in [-0.4, -0.2) is 11.1 Å². The number of fused-ring (bicyclic) bond motifs is 1. The molecule has 0 aliphatic heterocycles. The third-order valence-electron chi connectivity index (χ3n) is 4.73. The van der Waals surface area contributed by atoms with Crippen LogP contribution in [0, 0.1) is 17.2 Å². The molecule has 1 saturated carbocycles. The van der Waals surface area contributed by atoms with Crippen molar-refractivity contribution >= 4 is 0 Å². The van der Waals surface area contributed by atoms with E-state index in [1.54, 1.807) is 0 Å². The summed E-state index contributed by atoms with van der Waals surface area (Å²) in [4.78, 5) is 4.62. The van der Waals surface area contributed by atoms with Crippen LogP contribution in [0.5, 0.6) is 5.88 Å².